The molecule has 0 amide bonds. The van der Waals surface area contributed by atoms with Crippen LogP contribution in [0.5, 0.6) is 0 Å². The maximum atomic E-state index is 4.27. The first-order chi connectivity index (χ1) is 8.43. The minimum Gasteiger partial charge on any atom is -0.317 e. The fourth-order valence-corrected chi connectivity index (χ4v) is 2.20. The minimum absolute atomic E-state index is 0.543. The first-order valence-electron chi connectivity index (χ1n) is 5.97. The SMILES string of the molecule is c1cncc(-n2cc(C3CCNCC3)nn2)c1. The summed E-state index contributed by atoms with van der Waals surface area (Å²) in [4.78, 5) is 4.08. The summed E-state index contributed by atoms with van der Waals surface area (Å²) < 4.78 is 1.80. The summed E-state index contributed by atoms with van der Waals surface area (Å²) in [7, 11) is 0. The van der Waals surface area contributed by atoms with E-state index in [0.29, 0.717) is 5.92 Å². The summed E-state index contributed by atoms with van der Waals surface area (Å²) in [6.45, 7) is 2.15. The number of rotatable bonds is 2. The van der Waals surface area contributed by atoms with E-state index in [2.05, 4.69) is 20.6 Å². The van der Waals surface area contributed by atoms with Gasteiger partial charge in [-0.2, -0.15) is 0 Å². The van der Waals surface area contributed by atoms with E-state index in [-0.39, 0.29) is 0 Å². The normalized spacial score (nSPS) is 17.2. The van der Waals surface area contributed by atoms with Crippen LogP contribution in [0, 0.1) is 0 Å². The Morgan fingerprint density at radius 2 is 2.18 bits per heavy atom. The van der Waals surface area contributed by atoms with E-state index in [4.69, 9.17) is 0 Å². The standard InChI is InChI=1S/C12H15N5/c1-2-11(8-14-5-1)17-9-12(15-16-17)10-3-6-13-7-4-10/h1-2,5,8-10,13H,3-4,6-7H2. The van der Waals surface area contributed by atoms with E-state index < -0.39 is 0 Å². The van der Waals surface area contributed by atoms with Crippen LogP contribution in [0.25, 0.3) is 5.69 Å². The van der Waals surface area contributed by atoms with Gasteiger partial charge < -0.3 is 5.32 Å². The molecule has 1 aliphatic rings. The molecule has 3 rings (SSSR count). The molecule has 0 radical (unpaired) electrons. The van der Waals surface area contributed by atoms with Gasteiger partial charge >= 0.3 is 0 Å². The van der Waals surface area contributed by atoms with Crippen LogP contribution < -0.4 is 5.32 Å². The monoisotopic (exact) mass is 229 g/mol. The van der Waals surface area contributed by atoms with Crippen molar-refractivity contribution in [1.82, 2.24) is 25.3 Å². The topological polar surface area (TPSA) is 55.6 Å². The van der Waals surface area contributed by atoms with Crippen LogP contribution in [-0.4, -0.2) is 33.1 Å². The molecule has 1 saturated heterocycles. The predicted molar refractivity (Wildman–Crippen MR) is 64.0 cm³/mol. The lowest BCUT2D eigenvalue weighted by molar-refractivity contribution is 0.453. The Hall–Kier alpha value is -1.75. The van der Waals surface area contributed by atoms with Crippen molar-refractivity contribution in [3.05, 3.63) is 36.4 Å². The highest BCUT2D eigenvalue weighted by Gasteiger charge is 2.18. The summed E-state index contributed by atoms with van der Waals surface area (Å²) in [6, 6.07) is 3.88. The molecule has 0 bridgehead atoms. The Morgan fingerprint density at radius 3 is 2.94 bits per heavy atom. The molecule has 17 heavy (non-hydrogen) atoms. The number of nitrogens with one attached hydrogen (secondary N) is 1. The molecular weight excluding hydrogens is 214 g/mol. The number of nitrogens with zero attached hydrogens (tertiary/aromatic N) is 4. The number of hydrogen-bond acceptors (Lipinski definition) is 4. The lowest BCUT2D eigenvalue weighted by Gasteiger charge is -2.19. The average Bonchev–Trinajstić information content (AvgIpc) is 2.90. The van der Waals surface area contributed by atoms with Crippen molar-refractivity contribution in [2.45, 2.75) is 18.8 Å². The van der Waals surface area contributed by atoms with Crippen molar-refractivity contribution in [3.8, 4) is 5.69 Å². The van der Waals surface area contributed by atoms with Gasteiger partial charge in [-0.1, -0.05) is 5.21 Å². The fraction of sp³-hybridized carbons (Fsp3) is 0.417. The third-order valence-electron chi connectivity index (χ3n) is 3.18. The molecule has 2 aromatic rings. The highest BCUT2D eigenvalue weighted by molar-refractivity contribution is 5.26. The zero-order chi connectivity index (χ0) is 11.5. The number of aromatic nitrogens is 4. The van der Waals surface area contributed by atoms with Gasteiger partial charge in [0.05, 0.1) is 23.8 Å². The van der Waals surface area contributed by atoms with E-state index in [1.807, 2.05) is 18.3 Å². The van der Waals surface area contributed by atoms with Crippen LogP contribution in [0.4, 0.5) is 0 Å². The van der Waals surface area contributed by atoms with Gasteiger partial charge in [-0.05, 0) is 38.1 Å². The van der Waals surface area contributed by atoms with Gasteiger partial charge in [0.2, 0.25) is 0 Å². The third-order valence-corrected chi connectivity index (χ3v) is 3.18. The van der Waals surface area contributed by atoms with Gasteiger partial charge in [0.15, 0.2) is 0 Å². The summed E-state index contributed by atoms with van der Waals surface area (Å²) in [6.07, 6.45) is 7.86. The summed E-state index contributed by atoms with van der Waals surface area (Å²) in [5, 5.41) is 11.8. The molecule has 0 spiro atoms. The lowest BCUT2D eigenvalue weighted by atomic mass is 9.95. The second-order valence-electron chi connectivity index (χ2n) is 4.32. The van der Waals surface area contributed by atoms with Gasteiger partial charge in [0.1, 0.15) is 0 Å². The van der Waals surface area contributed by atoms with Crippen LogP contribution in [0.15, 0.2) is 30.7 Å². The predicted octanol–water partition coefficient (Wildman–Crippen LogP) is 1.13. The molecule has 0 aliphatic carbocycles. The molecule has 2 aromatic heterocycles. The van der Waals surface area contributed by atoms with Crippen LogP contribution >= 0.6 is 0 Å². The van der Waals surface area contributed by atoms with Crippen molar-refractivity contribution in [1.29, 1.82) is 0 Å². The van der Waals surface area contributed by atoms with Crippen LogP contribution in [0.1, 0.15) is 24.5 Å². The largest absolute Gasteiger partial charge is 0.317 e. The van der Waals surface area contributed by atoms with Gasteiger partial charge in [-0.3, -0.25) is 4.98 Å². The van der Waals surface area contributed by atoms with Crippen LogP contribution in [-0.2, 0) is 0 Å². The molecule has 0 saturated carbocycles. The van der Waals surface area contributed by atoms with Crippen molar-refractivity contribution in [2.75, 3.05) is 13.1 Å². The van der Waals surface area contributed by atoms with Gasteiger partial charge in [-0.25, -0.2) is 4.68 Å². The summed E-state index contributed by atoms with van der Waals surface area (Å²) in [5.74, 6) is 0.543. The maximum Gasteiger partial charge on any atom is 0.0863 e. The molecule has 5 heteroatoms. The second kappa shape index (κ2) is 4.63. The first-order valence-corrected chi connectivity index (χ1v) is 5.97. The Kier molecular flexibility index (Phi) is 2.83. The zero-order valence-electron chi connectivity index (χ0n) is 9.58. The minimum atomic E-state index is 0.543. The van der Waals surface area contributed by atoms with Gasteiger partial charge in [-0.15, -0.1) is 5.10 Å². The van der Waals surface area contributed by atoms with Crippen molar-refractivity contribution in [3.63, 3.8) is 0 Å². The van der Waals surface area contributed by atoms with Crippen LogP contribution in [0.3, 0.4) is 0 Å². The molecule has 0 aromatic carbocycles. The van der Waals surface area contributed by atoms with Gasteiger partial charge in [0, 0.05) is 12.1 Å². The second-order valence-corrected chi connectivity index (χ2v) is 4.32. The lowest BCUT2D eigenvalue weighted by Crippen LogP contribution is -2.26. The maximum absolute atomic E-state index is 4.27. The number of piperidine rings is 1. The smallest absolute Gasteiger partial charge is 0.0863 e. The van der Waals surface area contributed by atoms with E-state index in [9.17, 15) is 0 Å². The number of hydrogen-bond donors (Lipinski definition) is 1. The van der Waals surface area contributed by atoms with E-state index in [1.54, 1.807) is 17.1 Å². The van der Waals surface area contributed by atoms with Crippen LogP contribution in [0.2, 0.25) is 0 Å². The molecule has 3 heterocycles. The van der Waals surface area contributed by atoms with E-state index in [1.165, 1.54) is 0 Å². The summed E-state index contributed by atoms with van der Waals surface area (Å²) >= 11 is 0. The highest BCUT2D eigenvalue weighted by Crippen LogP contribution is 2.23. The fourth-order valence-electron chi connectivity index (χ4n) is 2.20. The number of pyridine rings is 1. The molecule has 0 atom stereocenters. The van der Waals surface area contributed by atoms with Crippen molar-refractivity contribution in [2.24, 2.45) is 0 Å². The quantitative estimate of drug-likeness (QED) is 0.838. The molecule has 1 fully saturated rings. The summed E-state index contributed by atoms with van der Waals surface area (Å²) in [5.41, 5.74) is 2.05. The highest BCUT2D eigenvalue weighted by atomic mass is 15.4. The van der Waals surface area contributed by atoms with Gasteiger partial charge in [0.25, 0.3) is 0 Å². The Bertz CT molecular complexity index is 473. The molecule has 88 valence electrons. The molecule has 5 nitrogen and oxygen atoms in total. The Labute approximate surface area is 99.9 Å². The zero-order valence-corrected chi connectivity index (χ0v) is 9.58. The first kappa shape index (κ1) is 10.4. The molecule has 1 aliphatic heterocycles. The Morgan fingerprint density at radius 1 is 1.29 bits per heavy atom. The van der Waals surface area contributed by atoms with E-state index >= 15 is 0 Å². The third kappa shape index (κ3) is 2.19. The molecule has 1 N–H and O–H groups in total. The average molecular weight is 229 g/mol. The van der Waals surface area contributed by atoms with Crippen molar-refractivity contribution >= 4 is 0 Å². The Balaban J connectivity index is 1.83. The molecular formula is C12H15N5. The molecule has 0 unspecified atom stereocenters. The van der Waals surface area contributed by atoms with E-state index in [0.717, 1.165) is 37.3 Å². The van der Waals surface area contributed by atoms with Crippen molar-refractivity contribution < 1.29 is 0 Å².